The average molecular weight is 390 g/mol. The van der Waals surface area contributed by atoms with Gasteiger partial charge in [-0.25, -0.2) is 4.79 Å². The fourth-order valence-electron chi connectivity index (χ4n) is 2.37. The van der Waals surface area contributed by atoms with Crippen LogP contribution in [0, 0.1) is 0 Å². The number of thioether (sulfide) groups is 1. The van der Waals surface area contributed by atoms with E-state index in [9.17, 15) is 14.4 Å². The molecule has 0 saturated heterocycles. The molecule has 1 atom stereocenters. The Kier molecular flexibility index (Phi) is 7.94. The van der Waals surface area contributed by atoms with Crippen molar-refractivity contribution in [1.29, 1.82) is 0 Å². The topological polar surface area (TPSA) is 97.5 Å². The molecule has 2 rings (SSSR count). The van der Waals surface area contributed by atoms with Crippen LogP contribution in [0.1, 0.15) is 27.3 Å². The number of rotatable bonds is 10. The van der Waals surface area contributed by atoms with Crippen molar-refractivity contribution in [2.45, 2.75) is 12.5 Å². The molecule has 0 aliphatic heterocycles. The number of carbonyl (C=O) groups is 3. The molecule has 2 N–H and O–H groups in total. The van der Waals surface area contributed by atoms with Gasteiger partial charge < -0.3 is 19.8 Å². The number of esters is 1. The second kappa shape index (κ2) is 10.4. The van der Waals surface area contributed by atoms with Crippen LogP contribution in [0.2, 0.25) is 0 Å². The summed E-state index contributed by atoms with van der Waals surface area (Å²) in [6, 6.07) is 9.17. The maximum Gasteiger partial charge on any atom is 0.329 e. The number of ketones is 1. The first kappa shape index (κ1) is 20.6. The molecule has 0 aliphatic rings. The number of hydrogen-bond acceptors (Lipinski definition) is 6. The monoisotopic (exact) mass is 390 g/mol. The van der Waals surface area contributed by atoms with Crippen molar-refractivity contribution < 1.29 is 23.9 Å². The van der Waals surface area contributed by atoms with Crippen molar-refractivity contribution in [1.82, 2.24) is 10.3 Å². The molecule has 1 amide bonds. The second-order valence-electron chi connectivity index (χ2n) is 5.62. The van der Waals surface area contributed by atoms with Crippen LogP contribution in [0.4, 0.5) is 0 Å². The van der Waals surface area contributed by atoms with Crippen LogP contribution in [-0.4, -0.2) is 54.4 Å². The van der Waals surface area contributed by atoms with E-state index in [4.69, 9.17) is 9.47 Å². The Labute approximate surface area is 161 Å². The van der Waals surface area contributed by atoms with Gasteiger partial charge in [-0.3, -0.25) is 9.59 Å². The Morgan fingerprint density at radius 3 is 2.63 bits per heavy atom. The number of methoxy groups -OCH3 is 1. The van der Waals surface area contributed by atoms with Gasteiger partial charge in [0.15, 0.2) is 6.61 Å². The highest BCUT2D eigenvalue weighted by Crippen LogP contribution is 2.17. The van der Waals surface area contributed by atoms with Crippen molar-refractivity contribution in [2.75, 3.05) is 25.7 Å². The van der Waals surface area contributed by atoms with E-state index in [-0.39, 0.29) is 12.4 Å². The van der Waals surface area contributed by atoms with E-state index in [2.05, 4.69) is 10.3 Å². The van der Waals surface area contributed by atoms with Crippen LogP contribution in [0.5, 0.6) is 5.75 Å². The van der Waals surface area contributed by atoms with Gasteiger partial charge in [0.2, 0.25) is 5.78 Å². The minimum absolute atomic E-state index is 0.324. The SMILES string of the molecule is COc1ccccc1C(=O)NC(CCSC)C(=O)OCC(=O)c1ccc[nH]1. The number of para-hydroxylation sites is 1. The second-order valence-corrected chi connectivity index (χ2v) is 6.61. The highest BCUT2D eigenvalue weighted by molar-refractivity contribution is 7.98. The van der Waals surface area contributed by atoms with Crippen LogP contribution in [0.25, 0.3) is 0 Å². The number of nitrogens with one attached hydrogen (secondary N) is 2. The van der Waals surface area contributed by atoms with E-state index < -0.39 is 17.9 Å². The molecule has 0 bridgehead atoms. The maximum absolute atomic E-state index is 12.5. The highest BCUT2D eigenvalue weighted by Gasteiger charge is 2.24. The predicted octanol–water partition coefficient (Wildman–Crippen LogP) is 2.30. The Balaban J connectivity index is 2.01. The fraction of sp³-hybridized carbons (Fsp3) is 0.316. The molecule has 0 spiro atoms. The minimum Gasteiger partial charge on any atom is -0.496 e. The van der Waals surface area contributed by atoms with E-state index in [1.165, 1.54) is 7.11 Å². The largest absolute Gasteiger partial charge is 0.496 e. The lowest BCUT2D eigenvalue weighted by Crippen LogP contribution is -2.42. The molecule has 27 heavy (non-hydrogen) atoms. The third kappa shape index (κ3) is 5.89. The number of H-pyrrole nitrogens is 1. The van der Waals surface area contributed by atoms with Gasteiger partial charge in [-0.05, 0) is 42.7 Å². The third-order valence-corrected chi connectivity index (χ3v) is 4.44. The van der Waals surface area contributed by atoms with E-state index >= 15 is 0 Å². The maximum atomic E-state index is 12.5. The van der Waals surface area contributed by atoms with Crippen LogP contribution < -0.4 is 10.1 Å². The highest BCUT2D eigenvalue weighted by atomic mass is 32.2. The molecule has 0 fully saturated rings. The molecule has 0 saturated carbocycles. The first-order chi connectivity index (χ1) is 13.1. The molecular weight excluding hydrogens is 368 g/mol. The smallest absolute Gasteiger partial charge is 0.329 e. The van der Waals surface area contributed by atoms with Crippen LogP contribution in [-0.2, 0) is 9.53 Å². The molecule has 1 heterocycles. The summed E-state index contributed by atoms with van der Waals surface area (Å²) in [6.45, 7) is -0.389. The van der Waals surface area contributed by atoms with Crippen molar-refractivity contribution in [3.63, 3.8) is 0 Å². The standard InChI is InChI=1S/C19H22N2O5S/c1-25-17-8-4-3-6-13(17)18(23)21-15(9-11-27-2)19(24)26-12-16(22)14-7-5-10-20-14/h3-8,10,15,20H,9,11-12H2,1-2H3,(H,21,23). The van der Waals surface area contributed by atoms with Gasteiger partial charge in [-0.15, -0.1) is 0 Å². The Bertz CT molecular complexity index is 776. The lowest BCUT2D eigenvalue weighted by atomic mass is 10.1. The molecule has 1 unspecified atom stereocenters. The van der Waals surface area contributed by atoms with Crippen molar-refractivity contribution in [3.05, 3.63) is 53.9 Å². The molecule has 144 valence electrons. The van der Waals surface area contributed by atoms with Crippen molar-refractivity contribution in [2.24, 2.45) is 0 Å². The van der Waals surface area contributed by atoms with Gasteiger partial charge in [-0.2, -0.15) is 11.8 Å². The summed E-state index contributed by atoms with van der Waals surface area (Å²) in [5.41, 5.74) is 0.686. The van der Waals surface area contributed by atoms with Gasteiger partial charge in [0, 0.05) is 6.20 Å². The number of ether oxygens (including phenoxy) is 2. The fourth-order valence-corrected chi connectivity index (χ4v) is 2.84. The van der Waals surface area contributed by atoms with Crippen LogP contribution in [0.3, 0.4) is 0 Å². The van der Waals surface area contributed by atoms with Gasteiger partial charge in [0.1, 0.15) is 11.8 Å². The number of carbonyl (C=O) groups excluding carboxylic acids is 3. The molecule has 0 aliphatic carbocycles. The summed E-state index contributed by atoms with van der Waals surface area (Å²) >= 11 is 1.54. The number of hydrogen-bond donors (Lipinski definition) is 2. The lowest BCUT2D eigenvalue weighted by molar-refractivity contribution is -0.144. The van der Waals surface area contributed by atoms with E-state index in [1.54, 1.807) is 54.4 Å². The number of aromatic nitrogens is 1. The number of aromatic amines is 1. The molecular formula is C19H22N2O5S. The van der Waals surface area contributed by atoms with E-state index in [0.717, 1.165) is 0 Å². The molecule has 8 heteroatoms. The summed E-state index contributed by atoms with van der Waals surface area (Å²) in [7, 11) is 1.47. The van der Waals surface area contributed by atoms with Gasteiger partial charge in [0.05, 0.1) is 18.4 Å². The average Bonchev–Trinajstić information content (AvgIpc) is 3.23. The van der Waals surface area contributed by atoms with Crippen LogP contribution in [0.15, 0.2) is 42.6 Å². The molecule has 1 aromatic carbocycles. The first-order valence-corrected chi connectivity index (χ1v) is 9.72. The minimum atomic E-state index is -0.855. The molecule has 2 aromatic rings. The predicted molar refractivity (Wildman–Crippen MR) is 103 cm³/mol. The van der Waals surface area contributed by atoms with Crippen molar-refractivity contribution in [3.8, 4) is 5.75 Å². The summed E-state index contributed by atoms with van der Waals surface area (Å²) < 4.78 is 10.3. The summed E-state index contributed by atoms with van der Waals surface area (Å²) in [6.07, 6.45) is 3.90. The lowest BCUT2D eigenvalue weighted by Gasteiger charge is -2.18. The summed E-state index contributed by atoms with van der Waals surface area (Å²) in [5.74, 6) is -0.364. The normalized spacial score (nSPS) is 11.5. The zero-order valence-electron chi connectivity index (χ0n) is 15.2. The zero-order valence-corrected chi connectivity index (χ0v) is 16.0. The Morgan fingerprint density at radius 2 is 1.96 bits per heavy atom. The Morgan fingerprint density at radius 1 is 1.19 bits per heavy atom. The van der Waals surface area contributed by atoms with E-state index in [0.29, 0.717) is 29.2 Å². The first-order valence-electron chi connectivity index (χ1n) is 8.32. The van der Waals surface area contributed by atoms with E-state index in [1.807, 2.05) is 6.26 Å². The number of amides is 1. The summed E-state index contributed by atoms with van der Waals surface area (Å²) in [4.78, 5) is 39.7. The molecule has 1 aromatic heterocycles. The van der Waals surface area contributed by atoms with Gasteiger partial charge in [0.25, 0.3) is 5.91 Å². The number of Topliss-reactive ketones (excluding diaryl/α,β-unsaturated/α-hetero) is 1. The van der Waals surface area contributed by atoms with Crippen LogP contribution >= 0.6 is 11.8 Å². The Hall–Kier alpha value is -2.74. The van der Waals surface area contributed by atoms with Gasteiger partial charge in [-0.1, -0.05) is 12.1 Å². The molecule has 7 nitrogen and oxygen atoms in total. The quantitative estimate of drug-likeness (QED) is 0.477. The zero-order chi connectivity index (χ0) is 19.6. The van der Waals surface area contributed by atoms with Crippen molar-refractivity contribution >= 4 is 29.4 Å². The van der Waals surface area contributed by atoms with Gasteiger partial charge >= 0.3 is 5.97 Å². The third-order valence-electron chi connectivity index (χ3n) is 3.80. The number of benzene rings is 1. The molecule has 0 radical (unpaired) electrons. The summed E-state index contributed by atoms with van der Waals surface area (Å²) in [5, 5.41) is 2.68.